The number of carbonyl (C=O) groups excluding carboxylic acids is 1. The quantitative estimate of drug-likeness (QED) is 0.924. The lowest BCUT2D eigenvalue weighted by Crippen LogP contribution is -2.32. The lowest BCUT2D eigenvalue weighted by atomic mass is 10.1. The summed E-state index contributed by atoms with van der Waals surface area (Å²) in [5.41, 5.74) is 1.81. The molecular weight excluding hydrogens is 304 g/mol. The van der Waals surface area contributed by atoms with E-state index in [4.69, 9.17) is 0 Å². The number of rotatable bonds is 4. The number of aryl methyl sites for hydroxylation is 1. The van der Waals surface area contributed by atoms with Crippen molar-refractivity contribution in [2.24, 2.45) is 0 Å². The molecule has 0 aromatic heterocycles. The second-order valence-electron chi connectivity index (χ2n) is 3.79. The van der Waals surface area contributed by atoms with Crippen molar-refractivity contribution in [3.8, 4) is 0 Å². The lowest BCUT2D eigenvalue weighted by molar-refractivity contribution is 0.0797. The first-order chi connectivity index (χ1) is 7.56. The van der Waals surface area contributed by atoms with Gasteiger partial charge in [-0.15, -0.1) is 12.4 Å². The van der Waals surface area contributed by atoms with Gasteiger partial charge >= 0.3 is 0 Å². The summed E-state index contributed by atoms with van der Waals surface area (Å²) in [4.78, 5) is 13.7. The van der Waals surface area contributed by atoms with E-state index in [-0.39, 0.29) is 18.3 Å². The number of amides is 1. The van der Waals surface area contributed by atoms with Crippen LogP contribution in [0.25, 0.3) is 0 Å². The minimum Gasteiger partial charge on any atom is -0.340 e. The number of carbonyl (C=O) groups is 1. The molecule has 0 unspecified atom stereocenters. The van der Waals surface area contributed by atoms with Gasteiger partial charge < -0.3 is 10.2 Å². The summed E-state index contributed by atoms with van der Waals surface area (Å²) in [7, 11) is 3.69. The smallest absolute Gasteiger partial charge is 0.253 e. The maximum absolute atomic E-state index is 12.0. The van der Waals surface area contributed by atoms with Gasteiger partial charge in [0.1, 0.15) is 0 Å². The summed E-state index contributed by atoms with van der Waals surface area (Å²) in [5.74, 6) is 0.0610. The topological polar surface area (TPSA) is 32.3 Å². The largest absolute Gasteiger partial charge is 0.340 e. The van der Waals surface area contributed by atoms with E-state index in [1.165, 1.54) is 0 Å². The standard InChI is InChI=1S/C12H17BrN2O.ClH/c1-9-8-10(4-5-11(9)13)12(16)15(3)7-6-14-2;/h4-5,8,14H,6-7H2,1-3H3;1H. The van der Waals surface area contributed by atoms with Crippen LogP contribution in [0.2, 0.25) is 0 Å². The highest BCUT2D eigenvalue weighted by molar-refractivity contribution is 9.10. The molecule has 1 rings (SSSR count). The summed E-state index contributed by atoms with van der Waals surface area (Å²) in [6, 6.07) is 5.66. The number of likely N-dealkylation sites (N-methyl/N-ethyl adjacent to an activating group) is 2. The van der Waals surface area contributed by atoms with E-state index in [0.717, 1.165) is 22.1 Å². The molecule has 96 valence electrons. The van der Waals surface area contributed by atoms with E-state index in [1.807, 2.05) is 39.2 Å². The molecule has 0 saturated heterocycles. The summed E-state index contributed by atoms with van der Waals surface area (Å²) < 4.78 is 1.03. The molecule has 1 amide bonds. The average Bonchev–Trinajstić information content (AvgIpc) is 2.28. The predicted molar refractivity (Wildman–Crippen MR) is 77.0 cm³/mol. The Balaban J connectivity index is 0.00000256. The molecule has 0 spiro atoms. The number of halogens is 2. The van der Waals surface area contributed by atoms with Gasteiger partial charge in [0.2, 0.25) is 0 Å². The number of benzene rings is 1. The second kappa shape index (κ2) is 7.69. The molecule has 0 fully saturated rings. The van der Waals surface area contributed by atoms with Crippen LogP contribution in [0.4, 0.5) is 0 Å². The number of hydrogen-bond acceptors (Lipinski definition) is 2. The highest BCUT2D eigenvalue weighted by Gasteiger charge is 2.11. The molecule has 17 heavy (non-hydrogen) atoms. The molecule has 0 heterocycles. The molecule has 3 nitrogen and oxygen atoms in total. The molecular formula is C12H18BrClN2O. The fraction of sp³-hybridized carbons (Fsp3) is 0.417. The van der Waals surface area contributed by atoms with E-state index in [2.05, 4.69) is 21.2 Å². The van der Waals surface area contributed by atoms with Gasteiger partial charge in [0.15, 0.2) is 0 Å². The Morgan fingerprint density at radius 3 is 2.65 bits per heavy atom. The highest BCUT2D eigenvalue weighted by Crippen LogP contribution is 2.17. The fourth-order valence-corrected chi connectivity index (χ4v) is 1.63. The molecule has 0 atom stereocenters. The first-order valence-corrected chi connectivity index (χ1v) is 6.01. The number of nitrogens with one attached hydrogen (secondary N) is 1. The lowest BCUT2D eigenvalue weighted by Gasteiger charge is -2.17. The molecule has 0 saturated carbocycles. The van der Waals surface area contributed by atoms with Crippen LogP contribution in [0, 0.1) is 6.92 Å². The van der Waals surface area contributed by atoms with E-state index < -0.39 is 0 Å². The first kappa shape index (κ1) is 16.4. The molecule has 0 radical (unpaired) electrons. The van der Waals surface area contributed by atoms with Crippen molar-refractivity contribution in [2.45, 2.75) is 6.92 Å². The maximum atomic E-state index is 12.0. The number of hydrogen-bond donors (Lipinski definition) is 1. The maximum Gasteiger partial charge on any atom is 0.253 e. The molecule has 0 bridgehead atoms. The molecule has 1 aromatic carbocycles. The van der Waals surface area contributed by atoms with Gasteiger partial charge in [-0.2, -0.15) is 0 Å². The third-order valence-electron chi connectivity index (χ3n) is 2.45. The van der Waals surface area contributed by atoms with E-state index in [9.17, 15) is 4.79 Å². The van der Waals surface area contributed by atoms with Crippen LogP contribution in [-0.4, -0.2) is 38.0 Å². The van der Waals surface area contributed by atoms with Crippen LogP contribution in [0.3, 0.4) is 0 Å². The van der Waals surface area contributed by atoms with Gasteiger partial charge in [-0.1, -0.05) is 15.9 Å². The van der Waals surface area contributed by atoms with Crippen molar-refractivity contribution in [3.05, 3.63) is 33.8 Å². The van der Waals surface area contributed by atoms with Crippen molar-refractivity contribution < 1.29 is 4.79 Å². The van der Waals surface area contributed by atoms with Gasteiger partial charge in [0.25, 0.3) is 5.91 Å². The monoisotopic (exact) mass is 320 g/mol. The zero-order chi connectivity index (χ0) is 12.1. The van der Waals surface area contributed by atoms with Crippen molar-refractivity contribution in [1.82, 2.24) is 10.2 Å². The summed E-state index contributed by atoms with van der Waals surface area (Å²) in [6.07, 6.45) is 0. The second-order valence-corrected chi connectivity index (χ2v) is 4.65. The molecule has 5 heteroatoms. The molecule has 0 aliphatic carbocycles. The number of nitrogens with zero attached hydrogens (tertiary/aromatic N) is 1. The van der Waals surface area contributed by atoms with Crippen molar-refractivity contribution in [2.75, 3.05) is 27.2 Å². The van der Waals surface area contributed by atoms with Crippen LogP contribution in [-0.2, 0) is 0 Å². The van der Waals surface area contributed by atoms with Gasteiger partial charge in [-0.25, -0.2) is 0 Å². The normalized spacial score (nSPS) is 9.65. The Labute approximate surface area is 117 Å². The van der Waals surface area contributed by atoms with Gasteiger partial charge in [-0.05, 0) is 37.7 Å². The Morgan fingerprint density at radius 1 is 1.47 bits per heavy atom. The van der Waals surface area contributed by atoms with Gasteiger partial charge in [0, 0.05) is 30.2 Å². The van der Waals surface area contributed by atoms with E-state index in [0.29, 0.717) is 6.54 Å². The van der Waals surface area contributed by atoms with Gasteiger partial charge in [-0.3, -0.25) is 4.79 Å². The Hall–Kier alpha value is -0.580. The van der Waals surface area contributed by atoms with Crippen LogP contribution in [0.15, 0.2) is 22.7 Å². The Bertz CT molecular complexity index is 385. The zero-order valence-corrected chi connectivity index (χ0v) is 12.7. The molecule has 0 aliphatic heterocycles. The van der Waals surface area contributed by atoms with Crippen LogP contribution in [0.5, 0.6) is 0 Å². The Morgan fingerprint density at radius 2 is 2.12 bits per heavy atom. The summed E-state index contributed by atoms with van der Waals surface area (Å²) in [6.45, 7) is 3.50. The van der Waals surface area contributed by atoms with E-state index >= 15 is 0 Å². The van der Waals surface area contributed by atoms with E-state index in [1.54, 1.807) is 4.90 Å². The minimum atomic E-state index is 0. The highest BCUT2D eigenvalue weighted by atomic mass is 79.9. The van der Waals surface area contributed by atoms with Crippen LogP contribution in [0.1, 0.15) is 15.9 Å². The van der Waals surface area contributed by atoms with Crippen LogP contribution >= 0.6 is 28.3 Å². The molecule has 0 aliphatic rings. The third kappa shape index (κ3) is 4.66. The van der Waals surface area contributed by atoms with Crippen LogP contribution < -0.4 is 5.32 Å². The third-order valence-corrected chi connectivity index (χ3v) is 3.34. The molecule has 1 aromatic rings. The first-order valence-electron chi connectivity index (χ1n) is 5.22. The van der Waals surface area contributed by atoms with Crippen molar-refractivity contribution in [3.63, 3.8) is 0 Å². The Kier molecular flexibility index (Phi) is 7.43. The average molecular weight is 322 g/mol. The summed E-state index contributed by atoms with van der Waals surface area (Å²) in [5, 5.41) is 3.02. The summed E-state index contributed by atoms with van der Waals surface area (Å²) >= 11 is 3.42. The SMILES string of the molecule is CNCCN(C)C(=O)c1ccc(Br)c(C)c1.Cl. The predicted octanol–water partition coefficient (Wildman–Crippen LogP) is 2.47. The zero-order valence-electron chi connectivity index (χ0n) is 10.3. The van der Waals surface area contributed by atoms with Gasteiger partial charge in [0.05, 0.1) is 0 Å². The fourth-order valence-electron chi connectivity index (χ4n) is 1.38. The minimum absolute atomic E-state index is 0. The van der Waals surface area contributed by atoms with Crippen molar-refractivity contribution >= 4 is 34.2 Å². The molecule has 1 N–H and O–H groups in total. The van der Waals surface area contributed by atoms with Crippen molar-refractivity contribution in [1.29, 1.82) is 0 Å².